The lowest BCUT2D eigenvalue weighted by Gasteiger charge is -2.40. The van der Waals surface area contributed by atoms with Crippen LogP contribution in [0.1, 0.15) is 6.42 Å². The van der Waals surface area contributed by atoms with E-state index in [9.17, 15) is 0 Å². The summed E-state index contributed by atoms with van der Waals surface area (Å²) in [6, 6.07) is 8.83. The molecule has 106 valence electrons. The van der Waals surface area contributed by atoms with Crippen molar-refractivity contribution in [1.82, 2.24) is 0 Å². The highest BCUT2D eigenvalue weighted by Gasteiger charge is 2.37. The predicted molar refractivity (Wildman–Crippen MR) is 92.2 cm³/mol. The van der Waals surface area contributed by atoms with Gasteiger partial charge in [0.05, 0.1) is 0 Å². The number of fused-ring (bicyclic) bond motifs is 6. The third-order valence-corrected chi connectivity index (χ3v) is 5.49. The Morgan fingerprint density at radius 2 is 1.77 bits per heavy atom. The van der Waals surface area contributed by atoms with Crippen molar-refractivity contribution in [2.75, 3.05) is 0 Å². The highest BCUT2D eigenvalue weighted by molar-refractivity contribution is 5.69. The van der Waals surface area contributed by atoms with Crippen molar-refractivity contribution in [3.8, 4) is 0 Å². The molecule has 0 nitrogen and oxygen atoms in total. The lowest BCUT2D eigenvalue weighted by atomic mass is 9.63. The van der Waals surface area contributed by atoms with E-state index in [0.29, 0.717) is 17.8 Å². The summed E-state index contributed by atoms with van der Waals surface area (Å²) in [5.41, 5.74) is 4.49. The van der Waals surface area contributed by atoms with Gasteiger partial charge in [-0.25, -0.2) is 0 Å². The van der Waals surface area contributed by atoms with E-state index < -0.39 is 0 Å². The molecule has 0 saturated heterocycles. The molecule has 22 heavy (non-hydrogen) atoms. The van der Waals surface area contributed by atoms with E-state index in [2.05, 4.69) is 78.9 Å². The number of hydrogen-bond donors (Lipinski definition) is 0. The van der Waals surface area contributed by atoms with Gasteiger partial charge in [0.15, 0.2) is 0 Å². The van der Waals surface area contributed by atoms with Crippen molar-refractivity contribution in [2.45, 2.75) is 6.42 Å². The van der Waals surface area contributed by atoms with Crippen molar-refractivity contribution in [1.29, 1.82) is 0 Å². The average Bonchev–Trinajstić information content (AvgIpc) is 2.60. The van der Waals surface area contributed by atoms with E-state index >= 15 is 0 Å². The molecule has 0 heteroatoms. The molecule has 1 aromatic carbocycles. The van der Waals surface area contributed by atoms with E-state index in [4.69, 9.17) is 0 Å². The summed E-state index contributed by atoms with van der Waals surface area (Å²) >= 11 is 0. The predicted octanol–water partition coefficient (Wildman–Crippen LogP) is 3.43. The normalized spacial score (nSPS) is 30.4. The Labute approximate surface area is 130 Å². The number of rotatable bonds is 0. The monoisotopic (exact) mass is 282 g/mol. The van der Waals surface area contributed by atoms with Crippen molar-refractivity contribution in [2.24, 2.45) is 17.8 Å². The SMILES string of the molecule is C1=CC2=CC=C3C=CC4=c5ccccc5=CCC4C3C2C=C1. The van der Waals surface area contributed by atoms with Gasteiger partial charge in [0, 0.05) is 11.8 Å². The van der Waals surface area contributed by atoms with E-state index in [0.717, 1.165) is 6.42 Å². The van der Waals surface area contributed by atoms with E-state index in [1.165, 1.54) is 27.2 Å². The molecular weight excluding hydrogens is 264 g/mol. The van der Waals surface area contributed by atoms with Crippen LogP contribution in [0.5, 0.6) is 0 Å². The summed E-state index contributed by atoms with van der Waals surface area (Å²) < 4.78 is 0. The lowest BCUT2D eigenvalue weighted by molar-refractivity contribution is 0.402. The number of hydrogen-bond acceptors (Lipinski definition) is 0. The second-order valence-corrected chi connectivity index (χ2v) is 6.55. The Balaban J connectivity index is 1.73. The Morgan fingerprint density at radius 3 is 2.77 bits per heavy atom. The van der Waals surface area contributed by atoms with Crippen molar-refractivity contribution < 1.29 is 0 Å². The van der Waals surface area contributed by atoms with Crippen molar-refractivity contribution in [3.63, 3.8) is 0 Å². The Hall–Kier alpha value is -2.34. The molecule has 0 heterocycles. The number of benzene rings is 1. The standard InChI is InChI=1S/C22H18/c1-3-7-18-15(5-1)11-14-21-20(18)13-12-17-10-9-16-6-2-4-8-19(16)22(17)21/h1-13,19,21-22H,14H2. The molecule has 0 saturated carbocycles. The van der Waals surface area contributed by atoms with Gasteiger partial charge in [0.1, 0.15) is 0 Å². The van der Waals surface area contributed by atoms with Crippen LogP contribution in [0.25, 0.3) is 11.6 Å². The van der Waals surface area contributed by atoms with Gasteiger partial charge in [0.25, 0.3) is 0 Å². The van der Waals surface area contributed by atoms with Crippen LogP contribution in [0, 0.1) is 17.8 Å². The van der Waals surface area contributed by atoms with Crippen molar-refractivity contribution >= 4 is 11.6 Å². The first-order chi connectivity index (χ1) is 10.9. The van der Waals surface area contributed by atoms with Crippen LogP contribution in [0.15, 0.2) is 84.0 Å². The fourth-order valence-electron chi connectivity index (χ4n) is 4.48. The first kappa shape index (κ1) is 12.2. The van der Waals surface area contributed by atoms with Gasteiger partial charge in [-0.15, -0.1) is 0 Å². The van der Waals surface area contributed by atoms with Crippen LogP contribution in [0.2, 0.25) is 0 Å². The molecule has 3 atom stereocenters. The Morgan fingerprint density at radius 1 is 0.864 bits per heavy atom. The molecule has 0 spiro atoms. The maximum absolute atomic E-state index is 2.43. The Kier molecular flexibility index (Phi) is 2.54. The van der Waals surface area contributed by atoms with Crippen molar-refractivity contribution in [3.05, 3.63) is 94.5 Å². The minimum absolute atomic E-state index is 0.536. The summed E-state index contributed by atoms with van der Waals surface area (Å²) in [7, 11) is 0. The van der Waals surface area contributed by atoms with Gasteiger partial charge in [-0.2, -0.15) is 0 Å². The summed E-state index contributed by atoms with van der Waals surface area (Å²) in [6.45, 7) is 0. The third kappa shape index (κ3) is 1.64. The molecule has 0 N–H and O–H groups in total. The maximum atomic E-state index is 2.43. The Bertz CT molecular complexity index is 915. The smallest absolute Gasteiger partial charge is 0.00958 e. The summed E-state index contributed by atoms with van der Waals surface area (Å²) in [5, 5.41) is 2.83. The molecule has 4 aliphatic rings. The second-order valence-electron chi connectivity index (χ2n) is 6.55. The van der Waals surface area contributed by atoms with Crippen LogP contribution in [-0.2, 0) is 0 Å². The lowest BCUT2D eigenvalue weighted by Crippen LogP contribution is -2.38. The average molecular weight is 282 g/mol. The third-order valence-electron chi connectivity index (χ3n) is 5.49. The zero-order valence-corrected chi connectivity index (χ0v) is 12.4. The van der Waals surface area contributed by atoms with Gasteiger partial charge >= 0.3 is 0 Å². The molecule has 5 rings (SSSR count). The van der Waals surface area contributed by atoms with E-state index in [1.807, 2.05) is 0 Å². The fraction of sp³-hybridized carbons (Fsp3) is 0.182. The zero-order valence-electron chi connectivity index (χ0n) is 12.4. The van der Waals surface area contributed by atoms with E-state index in [-0.39, 0.29) is 0 Å². The summed E-state index contributed by atoms with van der Waals surface area (Å²) in [4.78, 5) is 0. The quantitative estimate of drug-likeness (QED) is 0.684. The molecule has 4 aliphatic carbocycles. The van der Waals surface area contributed by atoms with Gasteiger partial charge in [-0.05, 0) is 39.5 Å². The second kappa shape index (κ2) is 4.58. The summed E-state index contributed by atoms with van der Waals surface area (Å²) in [5.74, 6) is 1.73. The minimum Gasteiger partial charge on any atom is -0.0764 e. The van der Waals surface area contributed by atoms with Crippen LogP contribution in [0.3, 0.4) is 0 Å². The zero-order chi connectivity index (χ0) is 14.5. The topological polar surface area (TPSA) is 0 Å². The van der Waals surface area contributed by atoms with Gasteiger partial charge in [-0.1, -0.05) is 78.9 Å². The molecule has 0 bridgehead atoms. The molecular formula is C22H18. The highest BCUT2D eigenvalue weighted by atomic mass is 14.4. The first-order valence-electron chi connectivity index (χ1n) is 8.16. The molecule has 0 aromatic heterocycles. The van der Waals surface area contributed by atoms with Crippen LogP contribution >= 0.6 is 0 Å². The largest absolute Gasteiger partial charge is 0.0764 e. The van der Waals surface area contributed by atoms with Crippen LogP contribution in [-0.4, -0.2) is 0 Å². The van der Waals surface area contributed by atoms with Gasteiger partial charge in [0.2, 0.25) is 0 Å². The first-order valence-corrected chi connectivity index (χ1v) is 8.16. The molecule has 0 radical (unpaired) electrons. The minimum atomic E-state index is 0.536. The van der Waals surface area contributed by atoms with Crippen LogP contribution in [0.4, 0.5) is 0 Å². The summed E-state index contributed by atoms with van der Waals surface area (Å²) in [6.07, 6.45) is 22.0. The molecule has 0 fully saturated rings. The molecule has 0 aliphatic heterocycles. The fourth-order valence-corrected chi connectivity index (χ4v) is 4.48. The highest BCUT2D eigenvalue weighted by Crippen LogP contribution is 2.47. The van der Waals surface area contributed by atoms with Crippen LogP contribution < -0.4 is 10.4 Å². The number of allylic oxidation sites excluding steroid dienone is 10. The van der Waals surface area contributed by atoms with Gasteiger partial charge in [-0.3, -0.25) is 0 Å². The van der Waals surface area contributed by atoms with E-state index in [1.54, 1.807) is 0 Å². The van der Waals surface area contributed by atoms with Gasteiger partial charge < -0.3 is 0 Å². The maximum Gasteiger partial charge on any atom is 0.00958 e. The molecule has 3 unspecified atom stereocenters. The molecule has 1 aromatic rings. The molecule has 0 amide bonds.